The normalized spacial score (nSPS) is 11.1. The lowest BCUT2D eigenvalue weighted by atomic mass is 10.2. The van der Waals surface area contributed by atoms with E-state index < -0.39 is 10.0 Å². The molecule has 9 heteroatoms. The number of carbonyl (C=O) groups excluding carboxylic acids is 1. The molecule has 0 saturated carbocycles. The van der Waals surface area contributed by atoms with Crippen LogP contribution >= 0.6 is 11.6 Å². The number of amides is 1. The van der Waals surface area contributed by atoms with Gasteiger partial charge >= 0.3 is 0 Å². The molecule has 190 valence electrons. The third-order valence-corrected chi connectivity index (χ3v) is 7.58. The molecule has 4 rings (SSSR count). The van der Waals surface area contributed by atoms with E-state index >= 15 is 0 Å². The van der Waals surface area contributed by atoms with Crippen LogP contribution in [0.25, 0.3) is 0 Å². The molecule has 0 bridgehead atoms. The number of aromatic nitrogens is 1. The second-order valence-corrected chi connectivity index (χ2v) is 10.6. The molecule has 0 spiro atoms. The molecule has 4 aromatic rings. The highest BCUT2D eigenvalue weighted by atomic mass is 35.5. The number of carbonyl (C=O) groups is 1. The Labute approximate surface area is 221 Å². The maximum Gasteiger partial charge on any atom is 0.264 e. The van der Waals surface area contributed by atoms with Crippen molar-refractivity contribution in [2.45, 2.75) is 24.9 Å². The van der Waals surface area contributed by atoms with E-state index in [1.165, 1.54) is 4.31 Å². The van der Waals surface area contributed by atoms with E-state index in [1.807, 2.05) is 19.1 Å². The van der Waals surface area contributed by atoms with E-state index in [0.717, 1.165) is 16.8 Å². The molecule has 0 aliphatic carbocycles. The number of hydrogen-bond acceptors (Lipinski definition) is 5. The van der Waals surface area contributed by atoms with Crippen LogP contribution in [0.15, 0.2) is 102 Å². The zero-order chi connectivity index (χ0) is 26.3. The highest BCUT2D eigenvalue weighted by molar-refractivity contribution is 7.92. The van der Waals surface area contributed by atoms with Crippen LogP contribution in [0, 0.1) is 6.92 Å². The first-order chi connectivity index (χ1) is 17.8. The van der Waals surface area contributed by atoms with Crippen molar-refractivity contribution >= 4 is 33.2 Å². The van der Waals surface area contributed by atoms with Gasteiger partial charge in [0.15, 0.2) is 6.61 Å². The van der Waals surface area contributed by atoms with Crippen LogP contribution in [0.5, 0.6) is 5.75 Å². The predicted molar refractivity (Wildman–Crippen MR) is 144 cm³/mol. The number of ether oxygens (including phenoxy) is 1. The Morgan fingerprint density at radius 2 is 1.65 bits per heavy atom. The third kappa shape index (κ3) is 7.09. The molecule has 0 unspecified atom stereocenters. The van der Waals surface area contributed by atoms with E-state index in [1.54, 1.807) is 85.1 Å². The van der Waals surface area contributed by atoms with Crippen LogP contribution in [0.3, 0.4) is 0 Å². The largest absolute Gasteiger partial charge is 0.484 e. The molecular weight excluding hydrogens is 510 g/mol. The SMILES string of the molecule is Cc1ccc(S(=O)(=O)N(Cc2ccc(Cl)cc2)c2ccc(OCC(=O)NCc3ccccn3)cc2)cc1. The highest BCUT2D eigenvalue weighted by Crippen LogP contribution is 2.28. The fourth-order valence-corrected chi connectivity index (χ4v) is 5.09. The summed E-state index contributed by atoms with van der Waals surface area (Å²) in [6.45, 7) is 2.14. The number of benzene rings is 3. The molecule has 1 N–H and O–H groups in total. The van der Waals surface area contributed by atoms with Crippen LogP contribution in [0.4, 0.5) is 5.69 Å². The molecule has 7 nitrogen and oxygen atoms in total. The van der Waals surface area contributed by atoms with Gasteiger partial charge in [-0.25, -0.2) is 8.42 Å². The van der Waals surface area contributed by atoms with Gasteiger partial charge in [0, 0.05) is 11.2 Å². The molecule has 1 heterocycles. The molecule has 0 radical (unpaired) electrons. The van der Waals surface area contributed by atoms with Gasteiger partial charge in [0.1, 0.15) is 5.75 Å². The van der Waals surface area contributed by atoms with Gasteiger partial charge in [0.2, 0.25) is 0 Å². The fraction of sp³-hybridized carbons (Fsp3) is 0.143. The Hall–Kier alpha value is -3.88. The lowest BCUT2D eigenvalue weighted by molar-refractivity contribution is -0.123. The number of sulfonamides is 1. The predicted octanol–water partition coefficient (Wildman–Crippen LogP) is 5.13. The summed E-state index contributed by atoms with van der Waals surface area (Å²) in [6, 6.07) is 25.8. The van der Waals surface area contributed by atoms with Gasteiger partial charge in [-0.05, 0) is 73.2 Å². The van der Waals surface area contributed by atoms with Crippen LogP contribution in [-0.4, -0.2) is 25.9 Å². The van der Waals surface area contributed by atoms with Crippen molar-refractivity contribution in [3.05, 3.63) is 119 Å². The van der Waals surface area contributed by atoms with Crippen molar-refractivity contribution in [1.82, 2.24) is 10.3 Å². The van der Waals surface area contributed by atoms with Gasteiger partial charge in [0.05, 0.1) is 29.4 Å². The summed E-state index contributed by atoms with van der Waals surface area (Å²) in [4.78, 5) is 16.5. The van der Waals surface area contributed by atoms with Gasteiger partial charge < -0.3 is 10.1 Å². The van der Waals surface area contributed by atoms with Crippen molar-refractivity contribution in [2.75, 3.05) is 10.9 Å². The minimum atomic E-state index is -3.86. The molecule has 0 atom stereocenters. The quantitative estimate of drug-likeness (QED) is 0.304. The number of halogens is 1. The Morgan fingerprint density at radius 1 is 0.946 bits per heavy atom. The molecule has 1 amide bonds. The van der Waals surface area contributed by atoms with Crippen molar-refractivity contribution in [3.8, 4) is 5.75 Å². The first-order valence-corrected chi connectivity index (χ1v) is 13.4. The summed E-state index contributed by atoms with van der Waals surface area (Å²) in [5.41, 5.74) is 2.96. The lowest BCUT2D eigenvalue weighted by Gasteiger charge is -2.25. The maximum atomic E-state index is 13.6. The Balaban J connectivity index is 1.48. The molecule has 37 heavy (non-hydrogen) atoms. The second kappa shape index (κ2) is 11.9. The van der Waals surface area contributed by atoms with Crippen LogP contribution in [-0.2, 0) is 27.9 Å². The number of nitrogens with zero attached hydrogens (tertiary/aromatic N) is 2. The average molecular weight is 536 g/mol. The van der Waals surface area contributed by atoms with Crippen molar-refractivity contribution in [2.24, 2.45) is 0 Å². The van der Waals surface area contributed by atoms with E-state index in [0.29, 0.717) is 23.0 Å². The number of nitrogens with one attached hydrogen (secondary N) is 1. The molecule has 0 aliphatic rings. The average Bonchev–Trinajstić information content (AvgIpc) is 2.91. The van der Waals surface area contributed by atoms with Gasteiger partial charge in [-0.3, -0.25) is 14.1 Å². The third-order valence-electron chi connectivity index (χ3n) is 5.54. The molecule has 1 aromatic heterocycles. The summed E-state index contributed by atoms with van der Waals surface area (Å²) in [7, 11) is -3.86. The zero-order valence-corrected chi connectivity index (χ0v) is 21.7. The molecule has 0 fully saturated rings. The topological polar surface area (TPSA) is 88.6 Å². The van der Waals surface area contributed by atoms with Crippen molar-refractivity contribution in [1.29, 1.82) is 0 Å². The molecule has 0 saturated heterocycles. The molecule has 0 aliphatic heterocycles. The summed E-state index contributed by atoms with van der Waals surface area (Å²) >= 11 is 6.01. The van der Waals surface area contributed by atoms with Gasteiger partial charge in [-0.1, -0.05) is 47.5 Å². The monoisotopic (exact) mass is 535 g/mol. The van der Waals surface area contributed by atoms with E-state index in [9.17, 15) is 13.2 Å². The summed E-state index contributed by atoms with van der Waals surface area (Å²) < 4.78 is 34.2. The second-order valence-electron chi connectivity index (χ2n) is 8.33. The first-order valence-electron chi connectivity index (χ1n) is 11.5. The van der Waals surface area contributed by atoms with Crippen LogP contribution < -0.4 is 14.4 Å². The standard InChI is InChI=1S/C28H26ClN3O4S/c1-21-5-15-27(16-6-21)37(34,35)32(19-22-7-9-23(29)10-8-22)25-11-13-26(14-12-25)36-20-28(33)31-18-24-4-2-3-17-30-24/h2-17H,18-20H2,1H3,(H,31,33). The number of rotatable bonds is 10. The summed E-state index contributed by atoms with van der Waals surface area (Å²) in [6.07, 6.45) is 1.66. The number of hydrogen-bond donors (Lipinski definition) is 1. The Kier molecular flexibility index (Phi) is 8.43. The highest BCUT2D eigenvalue weighted by Gasteiger charge is 2.25. The van der Waals surface area contributed by atoms with Gasteiger partial charge in [-0.2, -0.15) is 0 Å². The van der Waals surface area contributed by atoms with E-state index in [4.69, 9.17) is 16.3 Å². The minimum Gasteiger partial charge on any atom is -0.484 e. The fourth-order valence-electron chi connectivity index (χ4n) is 3.51. The summed E-state index contributed by atoms with van der Waals surface area (Å²) in [5.74, 6) is 0.150. The Bertz CT molecular complexity index is 1430. The smallest absolute Gasteiger partial charge is 0.264 e. The van der Waals surface area contributed by atoms with E-state index in [-0.39, 0.29) is 24.0 Å². The molecular formula is C28H26ClN3O4S. The number of anilines is 1. The van der Waals surface area contributed by atoms with Crippen molar-refractivity contribution in [3.63, 3.8) is 0 Å². The lowest BCUT2D eigenvalue weighted by Crippen LogP contribution is -2.30. The van der Waals surface area contributed by atoms with Crippen LogP contribution in [0.1, 0.15) is 16.8 Å². The van der Waals surface area contributed by atoms with Crippen molar-refractivity contribution < 1.29 is 17.9 Å². The minimum absolute atomic E-state index is 0.115. The Morgan fingerprint density at radius 3 is 2.30 bits per heavy atom. The first kappa shape index (κ1) is 26.2. The van der Waals surface area contributed by atoms with E-state index in [2.05, 4.69) is 10.3 Å². The van der Waals surface area contributed by atoms with Crippen LogP contribution in [0.2, 0.25) is 5.02 Å². The van der Waals surface area contributed by atoms with Gasteiger partial charge in [-0.15, -0.1) is 0 Å². The number of pyridine rings is 1. The zero-order valence-electron chi connectivity index (χ0n) is 20.2. The molecule has 3 aromatic carbocycles. The summed E-state index contributed by atoms with van der Waals surface area (Å²) in [5, 5.41) is 3.32. The number of aryl methyl sites for hydroxylation is 1. The van der Waals surface area contributed by atoms with Gasteiger partial charge in [0.25, 0.3) is 15.9 Å². The maximum absolute atomic E-state index is 13.6.